The minimum Gasteiger partial charge on any atom is -0.364 e. The first-order chi connectivity index (χ1) is 19.2. The quantitative estimate of drug-likeness (QED) is 0.250. The summed E-state index contributed by atoms with van der Waals surface area (Å²) in [5.41, 5.74) is 8.45. The van der Waals surface area contributed by atoms with Crippen LogP contribution in [0.1, 0.15) is 38.6 Å². The van der Waals surface area contributed by atoms with Crippen LogP contribution in [0.2, 0.25) is 0 Å². The Morgan fingerprint density at radius 2 is 1.97 bits per heavy atom. The number of fused-ring (bicyclic) bond motifs is 1. The van der Waals surface area contributed by atoms with E-state index in [0.29, 0.717) is 36.6 Å². The number of hydrogen-bond donors (Lipinski definition) is 2. The van der Waals surface area contributed by atoms with Gasteiger partial charge in [-0.3, -0.25) is 4.79 Å². The minimum atomic E-state index is -0.152. The number of aryl methyl sites for hydroxylation is 5. The van der Waals surface area contributed by atoms with Crippen LogP contribution in [0, 0.1) is 6.92 Å². The lowest BCUT2D eigenvalue weighted by molar-refractivity contribution is 0.0950. The predicted octanol–water partition coefficient (Wildman–Crippen LogP) is 5.14. The summed E-state index contributed by atoms with van der Waals surface area (Å²) in [6, 6.07) is 18.5. The highest BCUT2D eigenvalue weighted by Gasteiger charge is 2.21. The number of carbonyl (C=O) groups is 1. The van der Waals surface area contributed by atoms with Crippen LogP contribution < -0.4 is 5.32 Å². The molecule has 196 valence electrons. The van der Waals surface area contributed by atoms with Crippen molar-refractivity contribution in [3.8, 4) is 11.3 Å². The summed E-state index contributed by atoms with van der Waals surface area (Å²) in [5, 5.41) is 26.7. The molecular weight excluding hydrogens is 510 g/mol. The molecule has 2 aromatic carbocycles. The molecule has 0 spiro atoms. The van der Waals surface area contributed by atoms with Gasteiger partial charge in [-0.15, -0.1) is 10.2 Å². The number of carbonyl (C=O) groups excluding carboxylic acids is 1. The van der Waals surface area contributed by atoms with E-state index < -0.39 is 0 Å². The molecule has 2 N–H and O–H groups in total. The zero-order chi connectivity index (χ0) is 26.6. The van der Waals surface area contributed by atoms with E-state index in [1.54, 1.807) is 17.4 Å². The lowest BCUT2D eigenvalue weighted by atomic mass is 9.98. The van der Waals surface area contributed by atoms with Gasteiger partial charge >= 0.3 is 0 Å². The highest BCUT2D eigenvalue weighted by Crippen LogP contribution is 2.36. The van der Waals surface area contributed by atoms with Crippen molar-refractivity contribution in [3.63, 3.8) is 0 Å². The topological polar surface area (TPSA) is 115 Å². The van der Waals surface area contributed by atoms with Crippen molar-refractivity contribution in [2.75, 3.05) is 0 Å². The number of rotatable bonds is 10. The molecule has 10 heteroatoms. The number of nitrogens with one attached hydrogen (secondary N) is 2. The largest absolute Gasteiger partial charge is 0.364 e. The normalized spacial score (nSPS) is 11.3. The summed E-state index contributed by atoms with van der Waals surface area (Å²) < 4.78 is 7.21. The van der Waals surface area contributed by atoms with Gasteiger partial charge in [0.2, 0.25) is 0 Å². The Kier molecular flexibility index (Phi) is 7.01. The van der Waals surface area contributed by atoms with E-state index in [1.165, 1.54) is 34.2 Å². The van der Waals surface area contributed by atoms with Gasteiger partial charge < -0.3 is 14.4 Å². The molecule has 0 fully saturated rings. The molecule has 6 aromatic rings. The van der Waals surface area contributed by atoms with Crippen molar-refractivity contribution in [2.24, 2.45) is 0 Å². The average molecular weight is 538 g/mol. The Morgan fingerprint density at radius 3 is 2.72 bits per heavy atom. The van der Waals surface area contributed by atoms with Gasteiger partial charge in [-0.1, -0.05) is 40.2 Å². The van der Waals surface area contributed by atoms with Crippen LogP contribution in [0.3, 0.4) is 0 Å². The van der Waals surface area contributed by atoms with Crippen LogP contribution in [-0.2, 0) is 32.4 Å². The van der Waals surface area contributed by atoms with Gasteiger partial charge in [-0.2, -0.15) is 16.6 Å². The van der Waals surface area contributed by atoms with E-state index >= 15 is 0 Å². The number of H-pyrrole nitrogens is 1. The maximum Gasteiger partial charge on any atom is 0.251 e. The fraction of sp³-hybridized carbons (Fsp3) is 0.207. The van der Waals surface area contributed by atoms with Crippen molar-refractivity contribution in [3.05, 3.63) is 105 Å². The van der Waals surface area contributed by atoms with E-state index in [-0.39, 0.29) is 5.91 Å². The van der Waals surface area contributed by atoms with Crippen LogP contribution in [0.15, 0.2) is 76.1 Å². The van der Waals surface area contributed by atoms with Gasteiger partial charge in [-0.25, -0.2) is 0 Å². The molecule has 9 nitrogen and oxygen atoms in total. The molecule has 0 aliphatic rings. The SMILES string of the molecule is Cc1ccc(CCc2c(-c3ccsc3)n(CCc3nn[nH]n3)c3ccc(C(=O)NCc4ccon4)cc23)cc1. The van der Waals surface area contributed by atoms with Gasteiger partial charge in [-0.05, 0) is 60.5 Å². The Morgan fingerprint density at radius 1 is 1.08 bits per heavy atom. The molecular formula is C29H27N7O2S. The number of nitrogens with zero attached hydrogens (tertiary/aromatic N) is 5. The van der Waals surface area contributed by atoms with E-state index in [4.69, 9.17) is 4.52 Å². The second-order valence-corrected chi connectivity index (χ2v) is 10.2. The number of thiophene rings is 1. The second-order valence-electron chi connectivity index (χ2n) is 9.46. The third-order valence-corrected chi connectivity index (χ3v) is 7.56. The highest BCUT2D eigenvalue weighted by molar-refractivity contribution is 7.08. The average Bonchev–Trinajstić information content (AvgIpc) is 3.78. The minimum absolute atomic E-state index is 0.152. The van der Waals surface area contributed by atoms with Gasteiger partial charge in [0.15, 0.2) is 5.82 Å². The van der Waals surface area contributed by atoms with Crippen LogP contribution in [0.25, 0.3) is 22.2 Å². The van der Waals surface area contributed by atoms with Gasteiger partial charge in [0.25, 0.3) is 5.91 Å². The van der Waals surface area contributed by atoms with Crippen molar-refractivity contribution >= 4 is 28.1 Å². The zero-order valence-corrected chi connectivity index (χ0v) is 22.2. The standard InChI is InChI=1S/C29H27N7O2S/c1-19-2-4-20(5-3-19)6-8-24-25-16-21(29(37)30-17-23-11-14-38-33-23)7-9-26(25)36(13-10-27-31-34-35-32-27)28(24)22-12-15-39-18-22/h2-5,7,9,11-12,14-16,18H,6,8,10,13,17H2,1H3,(H,30,37)(H,31,32,34,35). The summed E-state index contributed by atoms with van der Waals surface area (Å²) in [5.74, 6) is 0.513. The van der Waals surface area contributed by atoms with E-state index in [9.17, 15) is 4.79 Å². The number of tetrazole rings is 1. The molecule has 6 rings (SSSR count). The third-order valence-electron chi connectivity index (χ3n) is 6.88. The summed E-state index contributed by atoms with van der Waals surface area (Å²) >= 11 is 1.68. The molecule has 0 saturated heterocycles. The summed E-state index contributed by atoms with van der Waals surface area (Å²) in [6.45, 7) is 3.09. The summed E-state index contributed by atoms with van der Waals surface area (Å²) in [7, 11) is 0. The van der Waals surface area contributed by atoms with Gasteiger partial charge in [0.05, 0.1) is 12.2 Å². The predicted molar refractivity (Wildman–Crippen MR) is 149 cm³/mol. The number of benzene rings is 2. The Balaban J connectivity index is 1.41. The second kappa shape index (κ2) is 11.0. The Bertz CT molecular complexity index is 1670. The molecule has 0 bridgehead atoms. The van der Waals surface area contributed by atoms with E-state index in [2.05, 4.69) is 83.7 Å². The van der Waals surface area contributed by atoms with Crippen LogP contribution in [0.5, 0.6) is 0 Å². The van der Waals surface area contributed by atoms with Gasteiger partial charge in [0.1, 0.15) is 12.0 Å². The molecule has 0 aliphatic carbocycles. The van der Waals surface area contributed by atoms with Crippen molar-refractivity contribution in [2.45, 2.75) is 39.3 Å². The first-order valence-corrected chi connectivity index (χ1v) is 13.7. The van der Waals surface area contributed by atoms with E-state index in [1.807, 2.05) is 18.2 Å². The smallest absolute Gasteiger partial charge is 0.251 e. The molecule has 0 aliphatic heterocycles. The Labute approximate surface area is 228 Å². The fourth-order valence-corrected chi connectivity index (χ4v) is 5.55. The monoisotopic (exact) mass is 537 g/mol. The molecule has 4 heterocycles. The van der Waals surface area contributed by atoms with E-state index in [0.717, 1.165) is 23.7 Å². The van der Waals surface area contributed by atoms with Gasteiger partial charge in [0, 0.05) is 46.4 Å². The first kappa shape index (κ1) is 24.7. The molecule has 0 unspecified atom stereocenters. The van der Waals surface area contributed by atoms with Crippen LogP contribution in [-0.4, -0.2) is 36.3 Å². The molecule has 4 aromatic heterocycles. The number of amides is 1. The molecule has 0 radical (unpaired) electrons. The third kappa shape index (κ3) is 5.37. The highest BCUT2D eigenvalue weighted by atomic mass is 32.1. The Hall–Kier alpha value is -4.57. The molecule has 0 saturated carbocycles. The zero-order valence-electron chi connectivity index (χ0n) is 21.4. The lowest BCUT2D eigenvalue weighted by Gasteiger charge is -2.11. The number of aromatic nitrogens is 6. The maximum absolute atomic E-state index is 13.1. The first-order valence-electron chi connectivity index (χ1n) is 12.8. The maximum atomic E-state index is 13.1. The fourth-order valence-electron chi connectivity index (χ4n) is 4.91. The lowest BCUT2D eigenvalue weighted by Crippen LogP contribution is -2.22. The van der Waals surface area contributed by atoms with Crippen LogP contribution >= 0.6 is 11.3 Å². The van der Waals surface area contributed by atoms with Crippen molar-refractivity contribution in [1.82, 2.24) is 35.7 Å². The molecule has 1 amide bonds. The summed E-state index contributed by atoms with van der Waals surface area (Å²) in [4.78, 5) is 13.1. The van der Waals surface area contributed by atoms with Crippen LogP contribution in [0.4, 0.5) is 0 Å². The molecule has 0 atom stereocenters. The van der Waals surface area contributed by atoms with Crippen molar-refractivity contribution < 1.29 is 9.32 Å². The number of hydrogen-bond acceptors (Lipinski definition) is 7. The molecule has 39 heavy (non-hydrogen) atoms. The summed E-state index contributed by atoms with van der Waals surface area (Å²) in [6.07, 6.45) is 3.86. The van der Waals surface area contributed by atoms with Crippen molar-refractivity contribution in [1.29, 1.82) is 0 Å². The number of aromatic amines is 1.